The van der Waals surface area contributed by atoms with Crippen LogP contribution >= 0.6 is 0 Å². The van der Waals surface area contributed by atoms with E-state index >= 15 is 0 Å². The highest BCUT2D eigenvalue weighted by Gasteiger charge is 2.20. The normalized spacial score (nSPS) is 12.8. The van der Waals surface area contributed by atoms with E-state index in [-0.39, 0.29) is 18.5 Å². The number of carbonyl (C=O) groups excluding carboxylic acids is 2. The van der Waals surface area contributed by atoms with Gasteiger partial charge in [0.1, 0.15) is 0 Å². The van der Waals surface area contributed by atoms with Crippen LogP contribution in [-0.2, 0) is 14.3 Å². The summed E-state index contributed by atoms with van der Waals surface area (Å²) in [5.74, 6) is -0.0617. The molecule has 406 valence electrons. The molecule has 0 saturated heterocycles. The molecule has 0 rings (SSSR count). The maximum absolute atomic E-state index is 12.5. The standard InChI is InChI=1S/C63H119NO5/c1-3-5-7-9-11-13-15-17-18-19-20-21-22-23-25-28-32-35-39-43-47-51-55-61(66)60(59-65)64-62(67)56-52-48-44-40-36-33-29-26-24-27-30-34-38-42-46-50-54-58-69-63(68)57-53-49-45-41-37-31-16-14-12-10-8-6-4-2/h8,10,14,16,24,27,60-61,65-66H,3-7,9,11-13,15,17-23,25-26,28-59H2,1-2H3,(H,64,67)/b10-8-,16-14-,27-24-. The summed E-state index contributed by atoms with van der Waals surface area (Å²) in [6.45, 7) is 4.88. The SMILES string of the molecule is CCC/C=C\C/C=C\CCCCCCCC(=O)OCCCCCCCC/C=C\CCCCCCCCCC(=O)NC(CO)C(O)CCCCCCCCCCCCCCCCCCCCCCCC. The lowest BCUT2D eigenvalue weighted by atomic mass is 10.0. The fraction of sp³-hybridized carbons (Fsp3) is 0.873. The van der Waals surface area contributed by atoms with Gasteiger partial charge in [0.25, 0.3) is 0 Å². The molecule has 0 saturated carbocycles. The number of unbranched alkanes of at least 4 members (excludes halogenated alkanes) is 40. The molecule has 0 spiro atoms. The van der Waals surface area contributed by atoms with Gasteiger partial charge in [0.05, 0.1) is 25.4 Å². The number of esters is 1. The molecule has 0 radical (unpaired) electrons. The first kappa shape index (κ1) is 67.1. The summed E-state index contributed by atoms with van der Waals surface area (Å²) in [5, 5.41) is 23.4. The Balaban J connectivity index is 3.46. The summed E-state index contributed by atoms with van der Waals surface area (Å²) in [6, 6.07) is -0.552. The van der Waals surface area contributed by atoms with Gasteiger partial charge in [0.15, 0.2) is 0 Å². The Morgan fingerprint density at radius 2 is 0.754 bits per heavy atom. The van der Waals surface area contributed by atoms with E-state index < -0.39 is 12.1 Å². The van der Waals surface area contributed by atoms with Gasteiger partial charge in [-0.05, 0) is 77.0 Å². The summed E-state index contributed by atoms with van der Waals surface area (Å²) in [5.41, 5.74) is 0. The first-order valence-corrected chi connectivity index (χ1v) is 30.7. The van der Waals surface area contributed by atoms with Gasteiger partial charge in [0.2, 0.25) is 5.91 Å². The molecule has 0 aromatic heterocycles. The van der Waals surface area contributed by atoms with Crippen LogP contribution in [0, 0.1) is 0 Å². The molecule has 0 aliphatic heterocycles. The lowest BCUT2D eigenvalue weighted by Crippen LogP contribution is -2.45. The lowest BCUT2D eigenvalue weighted by Gasteiger charge is -2.22. The zero-order valence-electron chi connectivity index (χ0n) is 46.3. The van der Waals surface area contributed by atoms with Crippen LogP contribution in [0.5, 0.6) is 0 Å². The highest BCUT2D eigenvalue weighted by Crippen LogP contribution is 2.17. The molecule has 2 unspecified atom stereocenters. The van der Waals surface area contributed by atoms with Gasteiger partial charge in [0, 0.05) is 12.8 Å². The first-order chi connectivity index (χ1) is 34.0. The Morgan fingerprint density at radius 1 is 0.406 bits per heavy atom. The largest absolute Gasteiger partial charge is 0.466 e. The number of nitrogens with one attached hydrogen (secondary N) is 1. The lowest BCUT2D eigenvalue weighted by molar-refractivity contribution is -0.143. The average molecular weight is 971 g/mol. The van der Waals surface area contributed by atoms with Gasteiger partial charge in [-0.15, -0.1) is 0 Å². The minimum Gasteiger partial charge on any atom is -0.466 e. The number of ether oxygens (including phenoxy) is 1. The summed E-state index contributed by atoms with van der Waals surface area (Å²) >= 11 is 0. The Morgan fingerprint density at radius 3 is 1.17 bits per heavy atom. The molecule has 0 aliphatic carbocycles. The van der Waals surface area contributed by atoms with Crippen molar-refractivity contribution in [3.05, 3.63) is 36.5 Å². The maximum Gasteiger partial charge on any atom is 0.305 e. The van der Waals surface area contributed by atoms with E-state index in [2.05, 4.69) is 55.6 Å². The zero-order chi connectivity index (χ0) is 50.0. The maximum atomic E-state index is 12.5. The molecule has 0 aromatic rings. The average Bonchev–Trinajstić information content (AvgIpc) is 3.35. The minimum atomic E-state index is -0.674. The van der Waals surface area contributed by atoms with Crippen molar-refractivity contribution in [3.8, 4) is 0 Å². The number of aliphatic hydroxyl groups excluding tert-OH is 2. The van der Waals surface area contributed by atoms with Crippen molar-refractivity contribution in [1.29, 1.82) is 0 Å². The number of allylic oxidation sites excluding steroid dienone is 6. The Kier molecular flexibility index (Phi) is 57.0. The molecule has 6 nitrogen and oxygen atoms in total. The van der Waals surface area contributed by atoms with E-state index in [1.165, 1.54) is 231 Å². The molecular weight excluding hydrogens is 851 g/mol. The molecule has 3 N–H and O–H groups in total. The third-order valence-electron chi connectivity index (χ3n) is 14.1. The van der Waals surface area contributed by atoms with Crippen LogP contribution in [0.15, 0.2) is 36.5 Å². The monoisotopic (exact) mass is 970 g/mol. The second-order valence-corrected chi connectivity index (χ2v) is 21.0. The van der Waals surface area contributed by atoms with Gasteiger partial charge in [-0.3, -0.25) is 9.59 Å². The number of rotatable bonds is 57. The number of hydrogen-bond donors (Lipinski definition) is 3. The van der Waals surface area contributed by atoms with Crippen LogP contribution in [0.3, 0.4) is 0 Å². The number of amides is 1. The van der Waals surface area contributed by atoms with Crippen LogP contribution in [0.4, 0.5) is 0 Å². The third-order valence-corrected chi connectivity index (χ3v) is 14.1. The molecule has 0 bridgehead atoms. The molecule has 0 aliphatic rings. The molecule has 1 amide bonds. The van der Waals surface area contributed by atoms with Crippen LogP contribution in [0.2, 0.25) is 0 Å². The molecule has 0 fully saturated rings. The van der Waals surface area contributed by atoms with E-state index in [0.717, 1.165) is 64.2 Å². The highest BCUT2D eigenvalue weighted by atomic mass is 16.5. The van der Waals surface area contributed by atoms with Gasteiger partial charge in [-0.1, -0.05) is 275 Å². The van der Waals surface area contributed by atoms with Gasteiger partial charge < -0.3 is 20.3 Å². The number of hydrogen-bond acceptors (Lipinski definition) is 5. The van der Waals surface area contributed by atoms with Crippen LogP contribution in [-0.4, -0.2) is 47.4 Å². The molecule has 6 heteroatoms. The van der Waals surface area contributed by atoms with Gasteiger partial charge in [-0.25, -0.2) is 0 Å². The van der Waals surface area contributed by atoms with Crippen molar-refractivity contribution in [1.82, 2.24) is 5.32 Å². The third kappa shape index (κ3) is 55.2. The van der Waals surface area contributed by atoms with Crippen molar-refractivity contribution in [2.24, 2.45) is 0 Å². The predicted octanol–water partition coefficient (Wildman–Crippen LogP) is 19.2. The van der Waals surface area contributed by atoms with Crippen molar-refractivity contribution >= 4 is 11.9 Å². The molecule has 2 atom stereocenters. The van der Waals surface area contributed by atoms with Crippen molar-refractivity contribution in [2.75, 3.05) is 13.2 Å². The number of carbonyl (C=O) groups is 2. The van der Waals surface area contributed by atoms with E-state index in [0.29, 0.717) is 25.9 Å². The van der Waals surface area contributed by atoms with Crippen molar-refractivity contribution in [3.63, 3.8) is 0 Å². The van der Waals surface area contributed by atoms with Crippen LogP contribution in [0.25, 0.3) is 0 Å². The highest BCUT2D eigenvalue weighted by molar-refractivity contribution is 5.76. The number of aliphatic hydroxyl groups is 2. The summed E-state index contributed by atoms with van der Waals surface area (Å²) in [6.07, 6.45) is 72.9. The Bertz CT molecular complexity index is 1120. The molecular formula is C63H119NO5. The smallest absolute Gasteiger partial charge is 0.305 e. The molecule has 0 aromatic carbocycles. The van der Waals surface area contributed by atoms with Crippen molar-refractivity contribution in [2.45, 2.75) is 341 Å². The van der Waals surface area contributed by atoms with Crippen LogP contribution < -0.4 is 5.32 Å². The van der Waals surface area contributed by atoms with E-state index in [1.807, 2.05) is 0 Å². The predicted molar refractivity (Wildman–Crippen MR) is 301 cm³/mol. The second kappa shape index (κ2) is 58.6. The Hall–Kier alpha value is -1.92. The van der Waals surface area contributed by atoms with Crippen LogP contribution in [0.1, 0.15) is 328 Å². The first-order valence-electron chi connectivity index (χ1n) is 30.7. The quantitative estimate of drug-likeness (QED) is 0.0321. The summed E-state index contributed by atoms with van der Waals surface area (Å²) < 4.78 is 5.45. The topological polar surface area (TPSA) is 95.9 Å². The minimum absolute atomic E-state index is 0.0168. The summed E-state index contributed by atoms with van der Waals surface area (Å²) in [4.78, 5) is 24.5. The van der Waals surface area contributed by atoms with Gasteiger partial charge in [-0.2, -0.15) is 0 Å². The zero-order valence-corrected chi connectivity index (χ0v) is 46.3. The van der Waals surface area contributed by atoms with E-state index in [1.54, 1.807) is 0 Å². The summed E-state index contributed by atoms with van der Waals surface area (Å²) in [7, 11) is 0. The van der Waals surface area contributed by atoms with Crippen molar-refractivity contribution < 1.29 is 24.5 Å². The Labute approximate surface area is 430 Å². The molecule has 0 heterocycles. The van der Waals surface area contributed by atoms with E-state index in [4.69, 9.17) is 4.74 Å². The van der Waals surface area contributed by atoms with E-state index in [9.17, 15) is 19.8 Å². The molecule has 69 heavy (non-hydrogen) atoms. The fourth-order valence-corrected chi connectivity index (χ4v) is 9.44. The second-order valence-electron chi connectivity index (χ2n) is 21.0. The van der Waals surface area contributed by atoms with Gasteiger partial charge >= 0.3 is 5.97 Å². The fourth-order valence-electron chi connectivity index (χ4n) is 9.44.